The van der Waals surface area contributed by atoms with Crippen LogP contribution in [0.1, 0.15) is 26.3 Å². The van der Waals surface area contributed by atoms with Gasteiger partial charge in [-0.3, -0.25) is 4.79 Å². The van der Waals surface area contributed by atoms with E-state index < -0.39 is 5.97 Å². The van der Waals surface area contributed by atoms with Crippen LogP contribution in [-0.2, 0) is 6.42 Å². The van der Waals surface area contributed by atoms with E-state index in [1.807, 2.05) is 30.3 Å². The Balaban J connectivity index is 2.28. The number of nitrogens with one attached hydrogen (secondary N) is 1. The summed E-state index contributed by atoms with van der Waals surface area (Å²) in [4.78, 5) is 23.2. The molecule has 0 aliphatic rings. The number of carbonyl (C=O) groups excluding carboxylic acids is 1. The molecule has 0 aliphatic heterocycles. The van der Waals surface area contributed by atoms with Gasteiger partial charge in [0.25, 0.3) is 0 Å². The molecule has 0 bridgehead atoms. The lowest BCUT2D eigenvalue weighted by molar-refractivity contribution is 0.0696. The SMILES string of the molecule is CNc1cc(C(=O)O)ccc1C(=O)Cc1ccccc1. The predicted octanol–water partition coefficient (Wildman–Crippen LogP) is 2.85. The number of carboxylic acids is 1. The molecule has 0 radical (unpaired) electrons. The van der Waals surface area contributed by atoms with Gasteiger partial charge in [0.05, 0.1) is 5.56 Å². The summed E-state index contributed by atoms with van der Waals surface area (Å²) in [5.74, 6) is -1.05. The maximum Gasteiger partial charge on any atom is 0.335 e. The zero-order valence-electron chi connectivity index (χ0n) is 11.1. The topological polar surface area (TPSA) is 66.4 Å². The normalized spacial score (nSPS) is 10.1. The lowest BCUT2D eigenvalue weighted by Crippen LogP contribution is -2.08. The third-order valence-electron chi connectivity index (χ3n) is 3.04. The van der Waals surface area contributed by atoms with Crippen LogP contribution in [0, 0.1) is 0 Å². The van der Waals surface area contributed by atoms with Crippen LogP contribution in [-0.4, -0.2) is 23.9 Å². The maximum atomic E-state index is 12.3. The Morgan fingerprint density at radius 2 is 1.80 bits per heavy atom. The van der Waals surface area contributed by atoms with Crippen molar-refractivity contribution in [3.05, 3.63) is 65.2 Å². The third-order valence-corrected chi connectivity index (χ3v) is 3.04. The molecule has 4 heteroatoms. The summed E-state index contributed by atoms with van der Waals surface area (Å²) in [7, 11) is 1.67. The molecule has 0 unspecified atom stereocenters. The first kappa shape index (κ1) is 13.8. The summed E-state index contributed by atoms with van der Waals surface area (Å²) in [6, 6.07) is 13.9. The van der Waals surface area contributed by atoms with Crippen molar-refractivity contribution in [2.75, 3.05) is 12.4 Å². The van der Waals surface area contributed by atoms with Gasteiger partial charge in [-0.25, -0.2) is 4.79 Å². The Kier molecular flexibility index (Phi) is 4.15. The van der Waals surface area contributed by atoms with E-state index in [0.717, 1.165) is 5.56 Å². The highest BCUT2D eigenvalue weighted by Gasteiger charge is 2.14. The Hall–Kier alpha value is -2.62. The quantitative estimate of drug-likeness (QED) is 0.819. The molecule has 0 spiro atoms. The predicted molar refractivity (Wildman–Crippen MR) is 77.4 cm³/mol. The fraction of sp³-hybridized carbons (Fsp3) is 0.125. The smallest absolute Gasteiger partial charge is 0.335 e. The number of hydrogen-bond donors (Lipinski definition) is 2. The van der Waals surface area contributed by atoms with E-state index in [-0.39, 0.29) is 11.3 Å². The fourth-order valence-corrected chi connectivity index (χ4v) is 2.00. The highest BCUT2D eigenvalue weighted by atomic mass is 16.4. The largest absolute Gasteiger partial charge is 0.478 e. The zero-order valence-corrected chi connectivity index (χ0v) is 11.1. The molecule has 4 nitrogen and oxygen atoms in total. The molecule has 0 fully saturated rings. The molecule has 0 aromatic heterocycles. The van der Waals surface area contributed by atoms with Crippen LogP contribution < -0.4 is 5.32 Å². The molecule has 0 saturated heterocycles. The molecule has 0 saturated carbocycles. The number of ketones is 1. The van der Waals surface area contributed by atoms with E-state index in [1.165, 1.54) is 12.1 Å². The monoisotopic (exact) mass is 269 g/mol. The van der Waals surface area contributed by atoms with Gasteiger partial charge >= 0.3 is 5.97 Å². The van der Waals surface area contributed by atoms with E-state index >= 15 is 0 Å². The van der Waals surface area contributed by atoms with Crippen molar-refractivity contribution < 1.29 is 14.7 Å². The number of rotatable bonds is 5. The fourth-order valence-electron chi connectivity index (χ4n) is 2.00. The minimum Gasteiger partial charge on any atom is -0.478 e. The van der Waals surface area contributed by atoms with Crippen molar-refractivity contribution >= 4 is 17.4 Å². The minimum absolute atomic E-state index is 0.0440. The maximum absolute atomic E-state index is 12.3. The third kappa shape index (κ3) is 3.03. The summed E-state index contributed by atoms with van der Waals surface area (Å²) in [6.45, 7) is 0. The van der Waals surface area contributed by atoms with Crippen molar-refractivity contribution in [2.24, 2.45) is 0 Å². The van der Waals surface area contributed by atoms with Crippen LogP contribution in [0.4, 0.5) is 5.69 Å². The zero-order chi connectivity index (χ0) is 14.5. The van der Waals surface area contributed by atoms with Gasteiger partial charge < -0.3 is 10.4 Å². The highest BCUT2D eigenvalue weighted by molar-refractivity contribution is 6.03. The van der Waals surface area contributed by atoms with Crippen molar-refractivity contribution in [1.29, 1.82) is 0 Å². The van der Waals surface area contributed by atoms with Crippen LogP contribution in [0.5, 0.6) is 0 Å². The Morgan fingerprint density at radius 1 is 1.10 bits per heavy atom. The van der Waals surface area contributed by atoms with Crippen molar-refractivity contribution in [3.8, 4) is 0 Å². The number of carbonyl (C=O) groups is 2. The average molecular weight is 269 g/mol. The minimum atomic E-state index is -1.01. The molecule has 20 heavy (non-hydrogen) atoms. The number of aromatic carboxylic acids is 1. The molecule has 2 aromatic rings. The van der Waals surface area contributed by atoms with Gasteiger partial charge in [-0.05, 0) is 23.8 Å². The number of carboxylic acid groups (broad SMARTS) is 1. The van der Waals surface area contributed by atoms with Gasteiger partial charge in [0.15, 0.2) is 5.78 Å². The second-order valence-corrected chi connectivity index (χ2v) is 4.40. The average Bonchev–Trinajstić information content (AvgIpc) is 2.47. The van der Waals surface area contributed by atoms with Gasteiger partial charge in [0.2, 0.25) is 0 Å². The van der Waals surface area contributed by atoms with Crippen LogP contribution in [0.15, 0.2) is 48.5 Å². The molecule has 2 rings (SSSR count). The van der Waals surface area contributed by atoms with Crippen LogP contribution in [0.25, 0.3) is 0 Å². The van der Waals surface area contributed by atoms with Crippen LogP contribution in [0.2, 0.25) is 0 Å². The number of benzene rings is 2. The van der Waals surface area contributed by atoms with Gasteiger partial charge in [-0.1, -0.05) is 30.3 Å². The lowest BCUT2D eigenvalue weighted by atomic mass is 10.00. The first-order chi connectivity index (χ1) is 9.61. The summed E-state index contributed by atoms with van der Waals surface area (Å²) in [6.07, 6.45) is 0.294. The van der Waals surface area contributed by atoms with E-state index in [2.05, 4.69) is 5.32 Å². The summed E-state index contributed by atoms with van der Waals surface area (Å²) < 4.78 is 0. The molecule has 0 amide bonds. The first-order valence-corrected chi connectivity index (χ1v) is 6.24. The molecule has 0 atom stereocenters. The van der Waals surface area contributed by atoms with E-state index in [1.54, 1.807) is 13.1 Å². The number of hydrogen-bond acceptors (Lipinski definition) is 3. The van der Waals surface area contributed by atoms with Crippen molar-refractivity contribution in [2.45, 2.75) is 6.42 Å². The summed E-state index contributed by atoms with van der Waals surface area (Å²) in [5, 5.41) is 11.8. The number of anilines is 1. The van der Waals surface area contributed by atoms with Gasteiger partial charge in [-0.15, -0.1) is 0 Å². The summed E-state index contributed by atoms with van der Waals surface area (Å²) >= 11 is 0. The second kappa shape index (κ2) is 6.02. The molecule has 2 aromatic carbocycles. The second-order valence-electron chi connectivity index (χ2n) is 4.40. The molecular formula is C16H15NO3. The van der Waals surface area contributed by atoms with Gasteiger partial charge in [-0.2, -0.15) is 0 Å². The molecule has 102 valence electrons. The van der Waals surface area contributed by atoms with Gasteiger partial charge in [0.1, 0.15) is 0 Å². The lowest BCUT2D eigenvalue weighted by Gasteiger charge is -2.09. The van der Waals surface area contributed by atoms with Gasteiger partial charge in [0, 0.05) is 24.7 Å². The standard InChI is InChI=1S/C16H15NO3/c1-17-14-10-12(16(19)20)7-8-13(14)15(18)9-11-5-3-2-4-6-11/h2-8,10,17H,9H2,1H3,(H,19,20). The highest BCUT2D eigenvalue weighted by Crippen LogP contribution is 2.19. The number of Topliss-reactive ketones (excluding diaryl/α,β-unsaturated/α-hetero) is 1. The van der Waals surface area contributed by atoms with E-state index in [9.17, 15) is 9.59 Å². The molecular weight excluding hydrogens is 254 g/mol. The first-order valence-electron chi connectivity index (χ1n) is 6.24. The molecule has 2 N–H and O–H groups in total. The van der Waals surface area contributed by atoms with Crippen LogP contribution in [0.3, 0.4) is 0 Å². The molecule has 0 aliphatic carbocycles. The van der Waals surface area contributed by atoms with Crippen molar-refractivity contribution in [3.63, 3.8) is 0 Å². The Labute approximate surface area is 117 Å². The summed E-state index contributed by atoms with van der Waals surface area (Å²) in [5.41, 5.74) is 2.12. The van der Waals surface area contributed by atoms with E-state index in [0.29, 0.717) is 17.7 Å². The van der Waals surface area contributed by atoms with E-state index in [4.69, 9.17) is 5.11 Å². The Morgan fingerprint density at radius 3 is 2.40 bits per heavy atom. The van der Waals surface area contributed by atoms with Crippen LogP contribution >= 0.6 is 0 Å². The Bertz CT molecular complexity index is 635. The van der Waals surface area contributed by atoms with Crippen molar-refractivity contribution in [1.82, 2.24) is 0 Å². The molecule has 0 heterocycles.